The third-order valence-electron chi connectivity index (χ3n) is 8.64. The van der Waals surface area contributed by atoms with Crippen molar-refractivity contribution in [2.45, 2.75) is 43.9 Å². The van der Waals surface area contributed by atoms with Crippen molar-refractivity contribution in [3.63, 3.8) is 0 Å². The van der Waals surface area contributed by atoms with Gasteiger partial charge in [-0.25, -0.2) is 14.4 Å². The molecule has 1 saturated carbocycles. The van der Waals surface area contributed by atoms with Crippen LogP contribution < -0.4 is 26.6 Å². The average Bonchev–Trinajstić information content (AvgIpc) is 3.91. The molecule has 2 fully saturated rings. The minimum Gasteiger partial charge on any atom is -0.382 e. The van der Waals surface area contributed by atoms with Crippen LogP contribution in [0.1, 0.15) is 56.8 Å². The summed E-state index contributed by atoms with van der Waals surface area (Å²) in [5.74, 6) is -1.79. The number of anilines is 4. The van der Waals surface area contributed by atoms with Gasteiger partial charge in [0.1, 0.15) is 23.8 Å². The van der Waals surface area contributed by atoms with Gasteiger partial charge in [0.2, 0.25) is 11.8 Å². The van der Waals surface area contributed by atoms with Gasteiger partial charge >= 0.3 is 0 Å². The Kier molecular flexibility index (Phi) is 9.48. The summed E-state index contributed by atoms with van der Waals surface area (Å²) in [5, 5.41) is 15.2. The number of piperidine rings is 1. The van der Waals surface area contributed by atoms with E-state index in [0.717, 1.165) is 28.6 Å². The van der Waals surface area contributed by atoms with E-state index < -0.39 is 41.7 Å². The number of aromatic nitrogens is 3. The number of carbonyl (C=O) groups is 5. The van der Waals surface area contributed by atoms with Crippen molar-refractivity contribution in [3.05, 3.63) is 77.7 Å². The lowest BCUT2D eigenvalue weighted by atomic mass is 10.0. The van der Waals surface area contributed by atoms with Gasteiger partial charge in [-0.1, -0.05) is 6.07 Å². The molecule has 262 valence electrons. The topological polar surface area (TPSA) is 197 Å². The van der Waals surface area contributed by atoms with Crippen molar-refractivity contribution in [2.24, 2.45) is 0 Å². The zero-order chi connectivity index (χ0) is 35.5. The first-order valence-electron chi connectivity index (χ1n) is 16.6. The molecule has 1 aromatic carbocycles. The number of ether oxygens (including phenoxy) is 1. The van der Waals surface area contributed by atoms with Crippen LogP contribution in [0.25, 0.3) is 10.9 Å². The molecule has 15 nitrogen and oxygen atoms in total. The maximum atomic E-state index is 14.8. The Bertz CT molecular complexity index is 2040. The molecular formula is C35H34FN9O6. The van der Waals surface area contributed by atoms with Crippen molar-refractivity contribution in [1.82, 2.24) is 30.5 Å². The molecule has 16 heteroatoms. The highest BCUT2D eigenvalue weighted by Gasteiger charge is 2.45. The molecule has 51 heavy (non-hydrogen) atoms. The van der Waals surface area contributed by atoms with E-state index in [4.69, 9.17) is 4.74 Å². The zero-order valence-electron chi connectivity index (χ0n) is 27.3. The third kappa shape index (κ3) is 7.45. The zero-order valence-corrected chi connectivity index (χ0v) is 27.3. The molecule has 4 aromatic rings. The van der Waals surface area contributed by atoms with Gasteiger partial charge in [0.15, 0.2) is 0 Å². The SMILES string of the molecule is O=C1CCC(N2C(=O)c3cccc(NCCOCC(F)CNC(=O)c4cnc(Nc5ccc6cnccc6n5)cc4NC4CC4)c3C2=O)C(=O)N1. The highest BCUT2D eigenvalue weighted by Crippen LogP contribution is 2.32. The summed E-state index contributed by atoms with van der Waals surface area (Å²) in [4.78, 5) is 77.2. The number of nitrogens with zero attached hydrogens (tertiary/aromatic N) is 4. The summed E-state index contributed by atoms with van der Waals surface area (Å²) in [5.41, 5.74) is 2.26. The molecule has 0 spiro atoms. The van der Waals surface area contributed by atoms with E-state index in [1.165, 1.54) is 12.3 Å². The molecule has 0 radical (unpaired) electrons. The Balaban J connectivity index is 0.887. The summed E-state index contributed by atoms with van der Waals surface area (Å²) in [6.45, 7) is -0.333. The van der Waals surface area contributed by atoms with Crippen LogP contribution in [0.3, 0.4) is 0 Å². The van der Waals surface area contributed by atoms with Gasteiger partial charge in [-0.2, -0.15) is 0 Å². The van der Waals surface area contributed by atoms with Crippen LogP contribution in [-0.2, 0) is 14.3 Å². The van der Waals surface area contributed by atoms with E-state index in [9.17, 15) is 28.4 Å². The monoisotopic (exact) mass is 695 g/mol. The molecule has 2 aliphatic heterocycles. The molecule has 0 bridgehead atoms. The quantitative estimate of drug-likeness (QED) is 0.0957. The van der Waals surface area contributed by atoms with Crippen molar-refractivity contribution in [2.75, 3.05) is 42.3 Å². The number of rotatable bonds is 14. The van der Waals surface area contributed by atoms with E-state index in [2.05, 4.69) is 41.5 Å². The first kappa shape index (κ1) is 33.5. The van der Waals surface area contributed by atoms with Crippen molar-refractivity contribution < 1.29 is 33.1 Å². The van der Waals surface area contributed by atoms with Gasteiger partial charge in [0.05, 0.1) is 47.7 Å². The second-order valence-corrected chi connectivity index (χ2v) is 12.4. The number of hydrogen-bond acceptors (Lipinski definition) is 12. The molecule has 3 aliphatic rings. The van der Waals surface area contributed by atoms with Crippen LogP contribution in [0.4, 0.5) is 27.4 Å². The Morgan fingerprint density at radius 3 is 2.71 bits per heavy atom. The Morgan fingerprint density at radius 2 is 1.88 bits per heavy atom. The number of pyridine rings is 3. The third-order valence-corrected chi connectivity index (χ3v) is 8.64. The number of carbonyl (C=O) groups excluding carboxylic acids is 5. The van der Waals surface area contributed by atoms with Crippen molar-refractivity contribution >= 4 is 63.4 Å². The van der Waals surface area contributed by atoms with E-state index >= 15 is 0 Å². The lowest BCUT2D eigenvalue weighted by Crippen LogP contribution is -2.54. The van der Waals surface area contributed by atoms with Gasteiger partial charge in [0.25, 0.3) is 17.7 Å². The van der Waals surface area contributed by atoms with Gasteiger partial charge in [-0.05, 0) is 49.6 Å². The van der Waals surface area contributed by atoms with E-state index in [1.807, 2.05) is 18.2 Å². The number of benzene rings is 1. The summed E-state index contributed by atoms with van der Waals surface area (Å²) in [6, 6.07) is 11.1. The van der Waals surface area contributed by atoms with Crippen molar-refractivity contribution in [3.8, 4) is 0 Å². The lowest BCUT2D eigenvalue weighted by molar-refractivity contribution is -0.136. The van der Waals surface area contributed by atoms with E-state index in [-0.39, 0.29) is 61.9 Å². The highest BCUT2D eigenvalue weighted by atomic mass is 19.1. The minimum absolute atomic E-state index is 0.0240. The Morgan fingerprint density at radius 1 is 1.02 bits per heavy atom. The normalized spacial score (nSPS) is 17.6. The predicted octanol–water partition coefficient (Wildman–Crippen LogP) is 2.94. The minimum atomic E-state index is -1.50. The maximum Gasteiger partial charge on any atom is 0.264 e. The fourth-order valence-electron chi connectivity index (χ4n) is 5.93. The largest absolute Gasteiger partial charge is 0.382 e. The van der Waals surface area contributed by atoms with Gasteiger partial charge in [0, 0.05) is 54.7 Å². The summed E-state index contributed by atoms with van der Waals surface area (Å²) >= 11 is 0. The van der Waals surface area contributed by atoms with Gasteiger partial charge in [-0.15, -0.1) is 0 Å². The molecule has 1 aliphatic carbocycles. The molecule has 5 heterocycles. The van der Waals surface area contributed by atoms with Crippen LogP contribution in [-0.4, -0.2) is 93.9 Å². The number of nitrogens with one attached hydrogen (secondary N) is 5. The fraction of sp³-hybridized carbons (Fsp3) is 0.314. The summed E-state index contributed by atoms with van der Waals surface area (Å²) < 4.78 is 20.2. The van der Waals surface area contributed by atoms with E-state index in [1.54, 1.807) is 30.6 Å². The Hall–Kier alpha value is -6.03. The molecule has 7 rings (SSSR count). The standard InChI is InChI=1S/C35H34FN9O6/c36-20(18-51-13-12-38-25-3-1-2-22-31(25)35(50)45(34(22)49)27-7-9-30(46)44-33(27)48)16-40-32(47)23-17-39-29(14-26(23)41-21-5-6-21)43-28-8-4-19-15-37-11-10-24(19)42-28/h1-4,8,10-11,14-15,17,20-21,27,38H,5-7,9,12-13,16,18H2,(H,40,47)(H,44,46,48)(H2,39,41,42,43). The predicted molar refractivity (Wildman–Crippen MR) is 183 cm³/mol. The second-order valence-electron chi connectivity index (χ2n) is 12.4. The number of imide groups is 2. The van der Waals surface area contributed by atoms with Crippen LogP contribution in [0.15, 0.2) is 61.1 Å². The molecular weight excluding hydrogens is 661 g/mol. The molecule has 5 N–H and O–H groups in total. The van der Waals surface area contributed by atoms with Gasteiger partial charge < -0.3 is 26.0 Å². The lowest BCUT2D eigenvalue weighted by Gasteiger charge is -2.27. The molecule has 3 aromatic heterocycles. The molecule has 5 amide bonds. The Labute approximate surface area is 290 Å². The summed E-state index contributed by atoms with van der Waals surface area (Å²) in [7, 11) is 0. The number of amides is 5. The van der Waals surface area contributed by atoms with E-state index in [0.29, 0.717) is 23.0 Å². The number of hydrogen-bond donors (Lipinski definition) is 5. The van der Waals surface area contributed by atoms with Gasteiger partial charge in [-0.3, -0.25) is 39.2 Å². The second kappa shape index (κ2) is 14.4. The fourth-order valence-corrected chi connectivity index (χ4v) is 5.93. The summed E-state index contributed by atoms with van der Waals surface area (Å²) in [6.07, 6.45) is 5.37. The average molecular weight is 696 g/mol. The number of alkyl halides is 1. The van der Waals surface area contributed by atoms with Crippen LogP contribution in [0.5, 0.6) is 0 Å². The molecule has 1 saturated heterocycles. The number of fused-ring (bicyclic) bond motifs is 2. The molecule has 2 unspecified atom stereocenters. The van der Waals surface area contributed by atoms with Crippen LogP contribution in [0, 0.1) is 0 Å². The van der Waals surface area contributed by atoms with Crippen molar-refractivity contribution in [1.29, 1.82) is 0 Å². The maximum absolute atomic E-state index is 14.8. The molecule has 2 atom stereocenters. The smallest absolute Gasteiger partial charge is 0.264 e. The van der Waals surface area contributed by atoms with Crippen LogP contribution >= 0.6 is 0 Å². The first-order valence-corrected chi connectivity index (χ1v) is 16.6. The highest BCUT2D eigenvalue weighted by molar-refractivity contribution is 6.25. The first-order chi connectivity index (χ1) is 24.7. The number of halogens is 1. The van der Waals surface area contributed by atoms with Crippen LogP contribution in [0.2, 0.25) is 0 Å².